The molecule has 0 radical (unpaired) electrons. The van der Waals surface area contributed by atoms with Crippen LogP contribution in [0.2, 0.25) is 0 Å². The minimum atomic E-state index is -0.355. The Hall–Kier alpha value is -3.63. The van der Waals surface area contributed by atoms with Gasteiger partial charge in [0, 0.05) is 41.2 Å². The fourth-order valence-corrected chi connectivity index (χ4v) is 5.30. The summed E-state index contributed by atoms with van der Waals surface area (Å²) in [5.41, 5.74) is 2.18. The SMILES string of the molecule is O=C(Nc1nc2cc3c(cc2s1)OCCO3)c1oc2ccccc2c1CSc1ncccn1. The van der Waals surface area contributed by atoms with Gasteiger partial charge in [0.2, 0.25) is 0 Å². The van der Waals surface area contributed by atoms with Crippen LogP contribution in [0.25, 0.3) is 21.2 Å². The zero-order valence-electron chi connectivity index (χ0n) is 17.1. The lowest BCUT2D eigenvalue weighted by Gasteiger charge is -2.17. The van der Waals surface area contributed by atoms with Gasteiger partial charge in [0.15, 0.2) is 27.5 Å². The van der Waals surface area contributed by atoms with Crippen molar-refractivity contribution in [2.75, 3.05) is 18.5 Å². The second-order valence-electron chi connectivity index (χ2n) is 7.16. The second-order valence-corrected chi connectivity index (χ2v) is 9.14. The maximum Gasteiger partial charge on any atom is 0.293 e. The lowest BCUT2D eigenvalue weighted by molar-refractivity contribution is 0.0998. The molecule has 10 heteroatoms. The summed E-state index contributed by atoms with van der Waals surface area (Å²) in [5.74, 6) is 1.74. The number of ether oxygens (including phenoxy) is 2. The number of carbonyl (C=O) groups excluding carboxylic acids is 1. The first-order valence-corrected chi connectivity index (χ1v) is 12.0. The van der Waals surface area contributed by atoms with Crippen LogP contribution in [0.3, 0.4) is 0 Å². The summed E-state index contributed by atoms with van der Waals surface area (Å²) in [7, 11) is 0. The molecule has 5 aromatic rings. The maximum atomic E-state index is 13.2. The molecule has 0 saturated carbocycles. The first-order chi connectivity index (χ1) is 16.2. The van der Waals surface area contributed by atoms with Crippen LogP contribution < -0.4 is 14.8 Å². The molecule has 0 spiro atoms. The average molecular weight is 477 g/mol. The van der Waals surface area contributed by atoms with Gasteiger partial charge < -0.3 is 13.9 Å². The second kappa shape index (κ2) is 8.38. The standard InChI is InChI=1S/C23H16N4O4S2/c28-21(27-23-26-15-10-17-18(11-19(15)33-23)30-9-8-29-17)20-14(12-32-22-24-6-3-7-25-22)13-4-1-2-5-16(13)31-20/h1-7,10-11H,8-9,12H2,(H,26,27,28). The number of nitrogens with zero attached hydrogens (tertiary/aromatic N) is 3. The number of furan rings is 1. The lowest BCUT2D eigenvalue weighted by Crippen LogP contribution is -2.15. The van der Waals surface area contributed by atoms with Crippen LogP contribution in [0.1, 0.15) is 16.1 Å². The van der Waals surface area contributed by atoms with Gasteiger partial charge in [-0.3, -0.25) is 10.1 Å². The highest BCUT2D eigenvalue weighted by Gasteiger charge is 2.23. The van der Waals surface area contributed by atoms with Crippen LogP contribution in [0.4, 0.5) is 5.13 Å². The predicted molar refractivity (Wildman–Crippen MR) is 126 cm³/mol. The Morgan fingerprint density at radius 1 is 1.06 bits per heavy atom. The molecule has 1 N–H and O–H groups in total. The highest BCUT2D eigenvalue weighted by Crippen LogP contribution is 2.38. The fourth-order valence-electron chi connectivity index (χ4n) is 3.59. The number of nitrogens with one attached hydrogen (secondary N) is 1. The van der Waals surface area contributed by atoms with E-state index >= 15 is 0 Å². The van der Waals surface area contributed by atoms with Crippen molar-refractivity contribution in [2.24, 2.45) is 0 Å². The van der Waals surface area contributed by atoms with E-state index in [-0.39, 0.29) is 11.7 Å². The third kappa shape index (κ3) is 3.87. The highest BCUT2D eigenvalue weighted by molar-refractivity contribution is 7.98. The molecule has 1 aliphatic rings. The number of para-hydroxylation sites is 1. The Labute approximate surface area is 196 Å². The third-order valence-corrected chi connectivity index (χ3v) is 6.90. The largest absolute Gasteiger partial charge is 0.486 e. The zero-order valence-corrected chi connectivity index (χ0v) is 18.7. The summed E-state index contributed by atoms with van der Waals surface area (Å²) in [6, 6.07) is 13.1. The number of fused-ring (bicyclic) bond motifs is 3. The summed E-state index contributed by atoms with van der Waals surface area (Å²) in [6.07, 6.45) is 3.38. The van der Waals surface area contributed by atoms with Gasteiger partial charge in [-0.15, -0.1) is 0 Å². The molecular weight excluding hydrogens is 460 g/mol. The molecule has 2 aromatic carbocycles. The summed E-state index contributed by atoms with van der Waals surface area (Å²) < 4.78 is 18.1. The Kier molecular flexibility index (Phi) is 5.08. The molecule has 33 heavy (non-hydrogen) atoms. The van der Waals surface area contributed by atoms with Gasteiger partial charge in [-0.05, 0) is 12.1 Å². The molecule has 1 amide bonds. The van der Waals surface area contributed by atoms with Crippen molar-refractivity contribution in [3.05, 3.63) is 66.2 Å². The summed E-state index contributed by atoms with van der Waals surface area (Å²) >= 11 is 2.82. The number of thioether (sulfide) groups is 1. The fraction of sp³-hybridized carbons (Fsp3) is 0.130. The molecular formula is C23H16N4O4S2. The maximum absolute atomic E-state index is 13.2. The van der Waals surface area contributed by atoms with Gasteiger partial charge in [0.05, 0.1) is 10.2 Å². The number of thiazole rings is 1. The first-order valence-electron chi connectivity index (χ1n) is 10.2. The number of anilines is 1. The monoisotopic (exact) mass is 476 g/mol. The summed E-state index contributed by atoms with van der Waals surface area (Å²) in [6.45, 7) is 1.02. The lowest BCUT2D eigenvalue weighted by atomic mass is 10.1. The molecule has 1 aliphatic heterocycles. The summed E-state index contributed by atoms with van der Waals surface area (Å²) in [5, 5.41) is 4.88. The van der Waals surface area contributed by atoms with E-state index in [1.165, 1.54) is 23.1 Å². The van der Waals surface area contributed by atoms with Crippen molar-refractivity contribution in [2.45, 2.75) is 10.9 Å². The van der Waals surface area contributed by atoms with Crippen LogP contribution in [0.15, 0.2) is 64.4 Å². The number of hydrogen-bond donors (Lipinski definition) is 1. The summed E-state index contributed by atoms with van der Waals surface area (Å²) in [4.78, 5) is 26.3. The molecule has 0 fully saturated rings. The number of rotatable bonds is 5. The van der Waals surface area contributed by atoms with Gasteiger partial charge in [-0.25, -0.2) is 15.0 Å². The Bertz CT molecular complexity index is 1440. The van der Waals surface area contributed by atoms with Crippen molar-refractivity contribution in [1.29, 1.82) is 0 Å². The van der Waals surface area contributed by atoms with Crippen molar-refractivity contribution in [3.8, 4) is 11.5 Å². The van der Waals surface area contributed by atoms with Crippen LogP contribution in [-0.2, 0) is 5.75 Å². The number of carbonyl (C=O) groups is 1. The van der Waals surface area contributed by atoms with Crippen LogP contribution in [0, 0.1) is 0 Å². The van der Waals surface area contributed by atoms with Gasteiger partial charge in [0.25, 0.3) is 5.91 Å². The number of amides is 1. The molecule has 0 atom stereocenters. The van der Waals surface area contributed by atoms with Gasteiger partial charge >= 0.3 is 0 Å². The molecule has 0 unspecified atom stereocenters. The smallest absolute Gasteiger partial charge is 0.293 e. The molecule has 4 heterocycles. The van der Waals surface area contributed by atoms with Crippen molar-refractivity contribution in [1.82, 2.24) is 15.0 Å². The van der Waals surface area contributed by atoms with E-state index in [1.54, 1.807) is 18.5 Å². The first kappa shape index (κ1) is 20.0. The minimum Gasteiger partial charge on any atom is -0.486 e. The van der Waals surface area contributed by atoms with Crippen LogP contribution >= 0.6 is 23.1 Å². The van der Waals surface area contributed by atoms with E-state index in [2.05, 4.69) is 20.3 Å². The van der Waals surface area contributed by atoms with E-state index in [4.69, 9.17) is 13.9 Å². The van der Waals surface area contributed by atoms with E-state index in [9.17, 15) is 4.79 Å². The van der Waals surface area contributed by atoms with Gasteiger partial charge in [-0.2, -0.15) is 0 Å². The number of aromatic nitrogens is 3. The van der Waals surface area contributed by atoms with Crippen LogP contribution in [-0.4, -0.2) is 34.1 Å². The highest BCUT2D eigenvalue weighted by atomic mass is 32.2. The number of benzene rings is 2. The zero-order chi connectivity index (χ0) is 22.2. The Balaban J connectivity index is 1.30. The van der Waals surface area contributed by atoms with E-state index in [1.807, 2.05) is 36.4 Å². The van der Waals surface area contributed by atoms with E-state index < -0.39 is 0 Å². The Morgan fingerprint density at radius 3 is 2.70 bits per heavy atom. The number of hydrogen-bond acceptors (Lipinski definition) is 9. The molecule has 0 bridgehead atoms. The topological polar surface area (TPSA) is 99.4 Å². The van der Waals surface area contributed by atoms with E-state index in [0.717, 1.165) is 21.2 Å². The molecule has 3 aromatic heterocycles. The molecule has 164 valence electrons. The normalized spacial score (nSPS) is 12.8. The molecule has 0 saturated heterocycles. The van der Waals surface area contributed by atoms with Crippen molar-refractivity contribution < 1.29 is 18.7 Å². The predicted octanol–water partition coefficient (Wildman–Crippen LogP) is 5.15. The van der Waals surface area contributed by atoms with E-state index in [0.29, 0.717) is 46.3 Å². The van der Waals surface area contributed by atoms with Gasteiger partial charge in [0.1, 0.15) is 18.8 Å². The van der Waals surface area contributed by atoms with Crippen molar-refractivity contribution >= 4 is 55.3 Å². The van der Waals surface area contributed by atoms with Gasteiger partial charge in [-0.1, -0.05) is 41.3 Å². The molecule has 8 nitrogen and oxygen atoms in total. The van der Waals surface area contributed by atoms with Crippen LogP contribution in [0.5, 0.6) is 11.5 Å². The van der Waals surface area contributed by atoms with Crippen molar-refractivity contribution in [3.63, 3.8) is 0 Å². The Morgan fingerprint density at radius 2 is 1.85 bits per heavy atom. The quantitative estimate of drug-likeness (QED) is 0.275. The molecule has 0 aliphatic carbocycles. The molecule has 6 rings (SSSR count). The minimum absolute atomic E-state index is 0.254. The third-order valence-electron chi connectivity index (χ3n) is 5.07. The average Bonchev–Trinajstić information content (AvgIpc) is 3.42.